The van der Waals surface area contributed by atoms with Crippen molar-refractivity contribution >= 4 is 5.97 Å². The SMILES string of the molecule is Cn1cc(CCC(Cc2ccc(F)cc2)C(=O)O)cn1. The highest BCUT2D eigenvalue weighted by Gasteiger charge is 2.18. The molecule has 0 saturated carbocycles. The Morgan fingerprint density at radius 3 is 2.60 bits per heavy atom. The highest BCUT2D eigenvalue weighted by molar-refractivity contribution is 5.70. The number of aromatic nitrogens is 2. The van der Waals surface area contributed by atoms with E-state index in [1.54, 1.807) is 23.0 Å². The van der Waals surface area contributed by atoms with Crippen molar-refractivity contribution in [2.75, 3.05) is 0 Å². The van der Waals surface area contributed by atoms with Gasteiger partial charge >= 0.3 is 5.97 Å². The first-order chi connectivity index (χ1) is 9.54. The number of carboxylic acid groups (broad SMARTS) is 1. The van der Waals surface area contributed by atoms with E-state index in [4.69, 9.17) is 0 Å². The number of rotatable bonds is 6. The van der Waals surface area contributed by atoms with Crippen molar-refractivity contribution in [3.8, 4) is 0 Å². The zero-order valence-electron chi connectivity index (χ0n) is 11.3. The van der Waals surface area contributed by atoms with E-state index in [2.05, 4.69) is 5.10 Å². The van der Waals surface area contributed by atoms with Crippen LogP contribution in [0.3, 0.4) is 0 Å². The molecule has 0 amide bonds. The van der Waals surface area contributed by atoms with Gasteiger partial charge in [0.25, 0.3) is 0 Å². The van der Waals surface area contributed by atoms with E-state index >= 15 is 0 Å². The average Bonchev–Trinajstić information content (AvgIpc) is 2.82. The smallest absolute Gasteiger partial charge is 0.306 e. The van der Waals surface area contributed by atoms with Gasteiger partial charge in [0.15, 0.2) is 0 Å². The molecule has 106 valence electrons. The van der Waals surface area contributed by atoms with Gasteiger partial charge in [0.1, 0.15) is 5.82 Å². The maximum atomic E-state index is 12.8. The van der Waals surface area contributed by atoms with E-state index in [1.165, 1.54) is 12.1 Å². The zero-order valence-corrected chi connectivity index (χ0v) is 11.3. The summed E-state index contributed by atoms with van der Waals surface area (Å²) in [5, 5.41) is 13.3. The predicted molar refractivity (Wildman–Crippen MR) is 72.8 cm³/mol. The Hall–Kier alpha value is -2.17. The maximum Gasteiger partial charge on any atom is 0.306 e. The van der Waals surface area contributed by atoms with Gasteiger partial charge in [-0.3, -0.25) is 9.48 Å². The summed E-state index contributed by atoms with van der Waals surface area (Å²) in [4.78, 5) is 11.3. The molecule has 20 heavy (non-hydrogen) atoms. The minimum absolute atomic E-state index is 0.309. The van der Waals surface area contributed by atoms with Crippen LogP contribution in [-0.2, 0) is 24.7 Å². The number of hydrogen-bond donors (Lipinski definition) is 1. The van der Waals surface area contributed by atoms with E-state index < -0.39 is 11.9 Å². The molecule has 0 aliphatic heterocycles. The summed E-state index contributed by atoms with van der Waals surface area (Å²) in [5.74, 6) is -1.60. The van der Waals surface area contributed by atoms with Gasteiger partial charge in [-0.2, -0.15) is 5.10 Å². The van der Waals surface area contributed by atoms with Gasteiger partial charge in [-0.15, -0.1) is 0 Å². The Kier molecular flexibility index (Phi) is 4.50. The van der Waals surface area contributed by atoms with E-state index in [0.717, 1.165) is 11.1 Å². The number of aryl methyl sites for hydroxylation is 2. The van der Waals surface area contributed by atoms with Crippen LogP contribution in [0.5, 0.6) is 0 Å². The summed E-state index contributed by atoms with van der Waals surface area (Å²) >= 11 is 0. The van der Waals surface area contributed by atoms with Gasteiger partial charge in [0.05, 0.1) is 12.1 Å². The monoisotopic (exact) mass is 276 g/mol. The maximum absolute atomic E-state index is 12.8. The summed E-state index contributed by atoms with van der Waals surface area (Å²) in [7, 11) is 1.83. The van der Waals surface area contributed by atoms with E-state index in [-0.39, 0.29) is 5.82 Å². The Morgan fingerprint density at radius 1 is 1.35 bits per heavy atom. The van der Waals surface area contributed by atoms with Crippen molar-refractivity contribution < 1.29 is 14.3 Å². The second-order valence-corrected chi connectivity index (χ2v) is 4.93. The molecule has 0 aliphatic rings. The Balaban J connectivity index is 1.96. The van der Waals surface area contributed by atoms with Crippen LogP contribution >= 0.6 is 0 Å². The minimum atomic E-state index is -0.821. The lowest BCUT2D eigenvalue weighted by Crippen LogP contribution is -2.17. The number of carbonyl (C=O) groups is 1. The fourth-order valence-corrected chi connectivity index (χ4v) is 2.16. The van der Waals surface area contributed by atoms with Gasteiger partial charge in [-0.25, -0.2) is 4.39 Å². The molecule has 1 atom stereocenters. The lowest BCUT2D eigenvalue weighted by atomic mass is 9.93. The Labute approximate surface area is 116 Å². The number of aliphatic carboxylic acids is 1. The predicted octanol–water partition coefficient (Wildman–Crippen LogP) is 2.44. The highest BCUT2D eigenvalue weighted by atomic mass is 19.1. The number of nitrogens with zero attached hydrogens (tertiary/aromatic N) is 2. The molecule has 0 fully saturated rings. The fourth-order valence-electron chi connectivity index (χ4n) is 2.16. The first-order valence-corrected chi connectivity index (χ1v) is 6.49. The van der Waals surface area contributed by atoms with Gasteiger partial charge in [-0.1, -0.05) is 12.1 Å². The zero-order chi connectivity index (χ0) is 14.5. The molecule has 0 spiro atoms. The summed E-state index contributed by atoms with van der Waals surface area (Å²) in [6.45, 7) is 0. The molecule has 1 N–H and O–H groups in total. The van der Waals surface area contributed by atoms with Crippen molar-refractivity contribution in [3.63, 3.8) is 0 Å². The van der Waals surface area contributed by atoms with Gasteiger partial charge in [0.2, 0.25) is 0 Å². The normalized spacial score (nSPS) is 12.3. The van der Waals surface area contributed by atoms with Crippen LogP contribution in [-0.4, -0.2) is 20.9 Å². The second kappa shape index (κ2) is 6.32. The minimum Gasteiger partial charge on any atom is -0.481 e. The number of halogens is 1. The number of hydrogen-bond acceptors (Lipinski definition) is 2. The number of carboxylic acids is 1. The molecule has 1 heterocycles. The largest absolute Gasteiger partial charge is 0.481 e. The van der Waals surface area contributed by atoms with Gasteiger partial charge in [0, 0.05) is 13.2 Å². The molecule has 2 aromatic rings. The molecule has 0 aliphatic carbocycles. The first kappa shape index (κ1) is 14.2. The molecule has 0 radical (unpaired) electrons. The van der Waals surface area contributed by atoms with Crippen molar-refractivity contribution in [1.29, 1.82) is 0 Å². The summed E-state index contributed by atoms with van der Waals surface area (Å²) < 4.78 is 14.5. The van der Waals surface area contributed by atoms with Crippen molar-refractivity contribution in [3.05, 3.63) is 53.6 Å². The van der Waals surface area contributed by atoms with E-state index in [0.29, 0.717) is 19.3 Å². The summed E-state index contributed by atoms with van der Waals surface area (Å²) in [5.41, 5.74) is 1.86. The van der Waals surface area contributed by atoms with Crippen LogP contribution in [0.4, 0.5) is 4.39 Å². The van der Waals surface area contributed by atoms with Crippen LogP contribution in [0.15, 0.2) is 36.7 Å². The third kappa shape index (κ3) is 3.91. The quantitative estimate of drug-likeness (QED) is 0.881. The average molecular weight is 276 g/mol. The topological polar surface area (TPSA) is 55.1 Å². The van der Waals surface area contributed by atoms with E-state index in [1.807, 2.05) is 13.2 Å². The molecular formula is C15H17FN2O2. The standard InChI is InChI=1S/C15H17FN2O2/c1-18-10-12(9-17-18)2-5-13(15(19)20)8-11-3-6-14(16)7-4-11/h3-4,6-7,9-10,13H,2,5,8H2,1H3,(H,19,20). The molecular weight excluding hydrogens is 259 g/mol. The molecule has 1 unspecified atom stereocenters. The van der Waals surface area contributed by atoms with Gasteiger partial charge in [-0.05, 0) is 42.5 Å². The van der Waals surface area contributed by atoms with Gasteiger partial charge < -0.3 is 5.11 Å². The Morgan fingerprint density at radius 2 is 2.05 bits per heavy atom. The molecule has 1 aromatic heterocycles. The van der Waals surface area contributed by atoms with Crippen LogP contribution < -0.4 is 0 Å². The highest BCUT2D eigenvalue weighted by Crippen LogP contribution is 2.16. The molecule has 4 nitrogen and oxygen atoms in total. The third-order valence-electron chi connectivity index (χ3n) is 3.28. The van der Waals surface area contributed by atoms with Crippen LogP contribution in [0.25, 0.3) is 0 Å². The van der Waals surface area contributed by atoms with Crippen LogP contribution in [0, 0.1) is 11.7 Å². The van der Waals surface area contributed by atoms with Crippen LogP contribution in [0.2, 0.25) is 0 Å². The molecule has 5 heteroatoms. The molecule has 0 saturated heterocycles. The molecule has 1 aromatic carbocycles. The van der Waals surface area contributed by atoms with Crippen molar-refractivity contribution in [2.45, 2.75) is 19.3 Å². The molecule has 2 rings (SSSR count). The third-order valence-corrected chi connectivity index (χ3v) is 3.28. The number of benzene rings is 1. The van der Waals surface area contributed by atoms with Crippen LogP contribution in [0.1, 0.15) is 17.5 Å². The van der Waals surface area contributed by atoms with Crippen molar-refractivity contribution in [1.82, 2.24) is 9.78 Å². The lowest BCUT2D eigenvalue weighted by Gasteiger charge is -2.11. The van der Waals surface area contributed by atoms with E-state index in [9.17, 15) is 14.3 Å². The fraction of sp³-hybridized carbons (Fsp3) is 0.333. The summed E-state index contributed by atoms with van der Waals surface area (Å²) in [6, 6.07) is 5.98. The summed E-state index contributed by atoms with van der Waals surface area (Å²) in [6.07, 6.45) is 5.26. The first-order valence-electron chi connectivity index (χ1n) is 6.49. The molecule has 0 bridgehead atoms. The second-order valence-electron chi connectivity index (χ2n) is 4.93. The Bertz CT molecular complexity index is 578. The lowest BCUT2D eigenvalue weighted by molar-refractivity contribution is -0.141. The van der Waals surface area contributed by atoms with Crippen molar-refractivity contribution in [2.24, 2.45) is 13.0 Å².